The summed E-state index contributed by atoms with van der Waals surface area (Å²) in [4.78, 5) is 11.5. The predicted molar refractivity (Wildman–Crippen MR) is 70.7 cm³/mol. The van der Waals surface area contributed by atoms with E-state index >= 15 is 0 Å². The van der Waals surface area contributed by atoms with Gasteiger partial charge in [0, 0.05) is 16.0 Å². The molecule has 0 bridgehead atoms. The van der Waals surface area contributed by atoms with Gasteiger partial charge in [-0.3, -0.25) is 4.79 Å². The van der Waals surface area contributed by atoms with Crippen LogP contribution in [0.5, 0.6) is 0 Å². The molecule has 0 fully saturated rings. The lowest BCUT2D eigenvalue weighted by atomic mass is 10.2. The van der Waals surface area contributed by atoms with Crippen LogP contribution in [-0.2, 0) is 4.79 Å². The van der Waals surface area contributed by atoms with E-state index in [1.807, 2.05) is 31.2 Å². The number of anilines is 1. The molecule has 1 aromatic rings. The van der Waals surface area contributed by atoms with Crippen LogP contribution in [0.4, 0.5) is 5.69 Å². The molecule has 82 valence electrons. The third-order valence-corrected chi connectivity index (χ3v) is 2.92. The van der Waals surface area contributed by atoms with Gasteiger partial charge in [-0.25, -0.2) is 0 Å². The molecule has 4 heteroatoms. The molecule has 0 aliphatic heterocycles. The van der Waals surface area contributed by atoms with Crippen LogP contribution < -0.4 is 11.1 Å². The van der Waals surface area contributed by atoms with Crippen LogP contribution in [0.15, 0.2) is 24.3 Å². The minimum Gasteiger partial charge on any atom is -0.328 e. The van der Waals surface area contributed by atoms with Gasteiger partial charge in [0.15, 0.2) is 0 Å². The van der Waals surface area contributed by atoms with Crippen molar-refractivity contribution in [1.29, 1.82) is 0 Å². The number of nitrogens with two attached hydrogens (primary N) is 1. The zero-order valence-electron chi connectivity index (χ0n) is 8.66. The van der Waals surface area contributed by atoms with E-state index in [2.05, 4.69) is 27.9 Å². The van der Waals surface area contributed by atoms with E-state index in [1.54, 1.807) is 0 Å². The number of hydrogen-bond acceptors (Lipinski definition) is 2. The molecule has 15 heavy (non-hydrogen) atoms. The fraction of sp³-hybridized carbons (Fsp3) is 0.364. The monoisotopic (exact) mass is 318 g/mol. The third kappa shape index (κ3) is 4.61. The van der Waals surface area contributed by atoms with Crippen LogP contribution in [0.25, 0.3) is 0 Å². The smallest absolute Gasteiger partial charge is 0.224 e. The Morgan fingerprint density at radius 3 is 2.80 bits per heavy atom. The predicted octanol–water partition coefficient (Wildman–Crippen LogP) is 2.36. The van der Waals surface area contributed by atoms with Crippen molar-refractivity contribution in [3.63, 3.8) is 0 Å². The molecule has 0 saturated heterocycles. The van der Waals surface area contributed by atoms with Crippen LogP contribution in [0.3, 0.4) is 0 Å². The summed E-state index contributed by atoms with van der Waals surface area (Å²) in [6, 6.07) is 7.78. The molecule has 0 spiro atoms. The first kappa shape index (κ1) is 12.4. The van der Waals surface area contributed by atoms with Crippen LogP contribution in [0.1, 0.15) is 19.8 Å². The van der Waals surface area contributed by atoms with Crippen molar-refractivity contribution in [2.45, 2.75) is 25.8 Å². The normalized spacial score (nSPS) is 12.2. The molecule has 1 unspecified atom stereocenters. The van der Waals surface area contributed by atoms with Gasteiger partial charge in [-0.2, -0.15) is 0 Å². The molecule has 0 aliphatic rings. The Morgan fingerprint density at radius 2 is 2.20 bits per heavy atom. The zero-order chi connectivity index (χ0) is 11.3. The van der Waals surface area contributed by atoms with Crippen molar-refractivity contribution < 1.29 is 4.79 Å². The number of halogens is 1. The van der Waals surface area contributed by atoms with Crippen molar-refractivity contribution in [3.8, 4) is 0 Å². The summed E-state index contributed by atoms with van der Waals surface area (Å²) in [6.45, 7) is 1.90. The molecule has 3 N–H and O–H groups in total. The molecule has 3 nitrogen and oxygen atoms in total. The fourth-order valence-corrected chi connectivity index (χ4v) is 1.66. The second-order valence-electron chi connectivity index (χ2n) is 3.54. The molecule has 0 saturated carbocycles. The molecule has 0 radical (unpaired) electrons. The zero-order valence-corrected chi connectivity index (χ0v) is 10.8. The van der Waals surface area contributed by atoms with Gasteiger partial charge >= 0.3 is 0 Å². The topological polar surface area (TPSA) is 55.1 Å². The quantitative estimate of drug-likeness (QED) is 0.838. The van der Waals surface area contributed by atoms with Crippen LogP contribution >= 0.6 is 22.6 Å². The van der Waals surface area contributed by atoms with Gasteiger partial charge in [0.1, 0.15) is 0 Å². The number of amides is 1. The Hall–Kier alpha value is -0.620. The maximum Gasteiger partial charge on any atom is 0.224 e. The first-order valence-corrected chi connectivity index (χ1v) is 5.97. The third-order valence-electron chi connectivity index (χ3n) is 1.97. The Labute approximate surface area is 104 Å². The first-order chi connectivity index (χ1) is 7.09. The lowest BCUT2D eigenvalue weighted by Crippen LogP contribution is -2.19. The molecule has 0 aromatic heterocycles. The van der Waals surface area contributed by atoms with E-state index in [1.165, 1.54) is 0 Å². The maximum absolute atomic E-state index is 11.5. The van der Waals surface area contributed by atoms with E-state index in [4.69, 9.17) is 5.73 Å². The molecular formula is C11H15IN2O. The van der Waals surface area contributed by atoms with Gasteiger partial charge in [0.05, 0.1) is 5.69 Å². The van der Waals surface area contributed by atoms with E-state index in [9.17, 15) is 4.79 Å². The van der Waals surface area contributed by atoms with Crippen LogP contribution in [-0.4, -0.2) is 11.9 Å². The summed E-state index contributed by atoms with van der Waals surface area (Å²) in [5, 5.41) is 2.86. The first-order valence-electron chi connectivity index (χ1n) is 4.89. The molecule has 1 amide bonds. The molecule has 0 heterocycles. The summed E-state index contributed by atoms with van der Waals surface area (Å²) in [5.74, 6) is 0.0245. The SMILES string of the molecule is CC(N)CCC(=O)Nc1ccccc1I. The fourth-order valence-electron chi connectivity index (χ4n) is 1.13. The van der Waals surface area contributed by atoms with Gasteiger partial charge in [-0.05, 0) is 48.1 Å². The average molecular weight is 318 g/mol. The van der Waals surface area contributed by atoms with Crippen molar-refractivity contribution in [2.24, 2.45) is 5.73 Å². The lowest BCUT2D eigenvalue weighted by molar-refractivity contribution is -0.116. The molecule has 1 aromatic carbocycles. The number of benzene rings is 1. The number of rotatable bonds is 4. The maximum atomic E-state index is 11.5. The standard InChI is InChI=1S/C11H15IN2O/c1-8(13)6-7-11(15)14-10-5-3-2-4-9(10)12/h2-5,8H,6-7,13H2,1H3,(H,14,15). The average Bonchev–Trinajstić information content (AvgIpc) is 2.18. The number of para-hydroxylation sites is 1. The van der Waals surface area contributed by atoms with Crippen LogP contribution in [0, 0.1) is 3.57 Å². The van der Waals surface area contributed by atoms with Crippen molar-refractivity contribution in [2.75, 3.05) is 5.32 Å². The summed E-state index contributed by atoms with van der Waals surface area (Å²) >= 11 is 2.20. The highest BCUT2D eigenvalue weighted by molar-refractivity contribution is 14.1. The highest BCUT2D eigenvalue weighted by atomic mass is 127. The second kappa shape index (κ2) is 6.07. The number of carbonyl (C=O) groups is 1. The Kier molecular flexibility index (Phi) is 5.04. The van der Waals surface area contributed by atoms with Gasteiger partial charge in [0.2, 0.25) is 5.91 Å². The Bertz CT molecular complexity index is 339. The van der Waals surface area contributed by atoms with E-state index in [-0.39, 0.29) is 11.9 Å². The highest BCUT2D eigenvalue weighted by Gasteiger charge is 2.05. The summed E-state index contributed by atoms with van der Waals surface area (Å²) in [6.07, 6.45) is 1.19. The number of nitrogens with one attached hydrogen (secondary N) is 1. The van der Waals surface area contributed by atoms with E-state index in [0.29, 0.717) is 6.42 Å². The van der Waals surface area contributed by atoms with Crippen molar-refractivity contribution >= 4 is 34.2 Å². The number of hydrogen-bond donors (Lipinski definition) is 2. The van der Waals surface area contributed by atoms with Gasteiger partial charge in [0.25, 0.3) is 0 Å². The second-order valence-corrected chi connectivity index (χ2v) is 4.71. The van der Waals surface area contributed by atoms with Gasteiger partial charge < -0.3 is 11.1 Å². The molecule has 1 atom stereocenters. The minimum atomic E-state index is 0.0245. The minimum absolute atomic E-state index is 0.0245. The van der Waals surface area contributed by atoms with E-state index < -0.39 is 0 Å². The lowest BCUT2D eigenvalue weighted by Gasteiger charge is -2.08. The van der Waals surface area contributed by atoms with Gasteiger partial charge in [-0.1, -0.05) is 12.1 Å². The van der Waals surface area contributed by atoms with Crippen molar-refractivity contribution in [1.82, 2.24) is 0 Å². The largest absolute Gasteiger partial charge is 0.328 e. The van der Waals surface area contributed by atoms with Crippen molar-refractivity contribution in [3.05, 3.63) is 27.8 Å². The van der Waals surface area contributed by atoms with Crippen LogP contribution in [0.2, 0.25) is 0 Å². The van der Waals surface area contributed by atoms with Gasteiger partial charge in [-0.15, -0.1) is 0 Å². The summed E-state index contributed by atoms with van der Waals surface area (Å²) in [7, 11) is 0. The summed E-state index contributed by atoms with van der Waals surface area (Å²) in [5.41, 5.74) is 6.45. The molecule has 1 rings (SSSR count). The molecule has 0 aliphatic carbocycles. The Morgan fingerprint density at radius 1 is 1.53 bits per heavy atom. The number of carbonyl (C=O) groups excluding carboxylic acids is 1. The Balaban J connectivity index is 2.48. The van der Waals surface area contributed by atoms with E-state index in [0.717, 1.165) is 15.7 Å². The summed E-state index contributed by atoms with van der Waals surface area (Å²) < 4.78 is 1.05. The molecular weight excluding hydrogens is 303 g/mol. The highest BCUT2D eigenvalue weighted by Crippen LogP contribution is 2.17.